The van der Waals surface area contributed by atoms with Gasteiger partial charge in [-0.2, -0.15) is 4.98 Å². The fourth-order valence-corrected chi connectivity index (χ4v) is 3.15. The molecule has 0 radical (unpaired) electrons. The lowest BCUT2D eigenvalue weighted by Crippen LogP contribution is -2.37. The Morgan fingerprint density at radius 2 is 1.93 bits per heavy atom. The molecule has 2 heterocycles. The Balaban J connectivity index is 1.72. The first-order chi connectivity index (χ1) is 14.1. The molecule has 4 rings (SSSR count). The van der Waals surface area contributed by atoms with Crippen molar-refractivity contribution in [2.24, 2.45) is 0 Å². The molecule has 2 aromatic carbocycles. The normalized spacial score (nSPS) is 13.9. The summed E-state index contributed by atoms with van der Waals surface area (Å²) in [5.74, 6) is 1.39. The maximum Gasteiger partial charge on any atom is 0.228 e. The van der Waals surface area contributed by atoms with Crippen LogP contribution in [-0.2, 0) is 4.74 Å². The lowest BCUT2D eigenvalue weighted by atomic mass is 10.1. The van der Waals surface area contributed by atoms with Crippen molar-refractivity contribution in [3.05, 3.63) is 54.1 Å². The quantitative estimate of drug-likeness (QED) is 0.390. The monoisotopic (exact) mass is 390 g/mol. The van der Waals surface area contributed by atoms with Gasteiger partial charge in [-0.1, -0.05) is 12.1 Å². The molecular weight excluding hydrogens is 368 g/mol. The van der Waals surface area contributed by atoms with Gasteiger partial charge >= 0.3 is 0 Å². The molecule has 29 heavy (non-hydrogen) atoms. The van der Waals surface area contributed by atoms with E-state index in [4.69, 9.17) is 20.9 Å². The molecule has 8 heteroatoms. The van der Waals surface area contributed by atoms with Crippen LogP contribution in [0.15, 0.2) is 48.5 Å². The summed E-state index contributed by atoms with van der Waals surface area (Å²) in [5.41, 5.74) is 9.43. The first-order valence-corrected chi connectivity index (χ1v) is 9.30. The number of nitrogens with one attached hydrogen (secondary N) is 2. The van der Waals surface area contributed by atoms with Gasteiger partial charge in [-0.25, -0.2) is 4.98 Å². The highest BCUT2D eigenvalue weighted by molar-refractivity contribution is 5.86. The first kappa shape index (κ1) is 18.7. The van der Waals surface area contributed by atoms with Gasteiger partial charge in [0.2, 0.25) is 5.95 Å². The number of morpholine rings is 1. The number of nitrogens with zero attached hydrogens (tertiary/aromatic N) is 3. The van der Waals surface area contributed by atoms with Crippen LogP contribution in [0.25, 0.3) is 11.3 Å². The van der Waals surface area contributed by atoms with Crippen molar-refractivity contribution >= 4 is 29.4 Å². The average molecular weight is 390 g/mol. The van der Waals surface area contributed by atoms with Gasteiger partial charge in [0.25, 0.3) is 0 Å². The van der Waals surface area contributed by atoms with Gasteiger partial charge in [0.05, 0.1) is 18.9 Å². The molecule has 8 nitrogen and oxygen atoms in total. The summed E-state index contributed by atoms with van der Waals surface area (Å²) in [7, 11) is 0. The maximum atomic E-state index is 9.86. The van der Waals surface area contributed by atoms with Crippen molar-refractivity contribution in [3.63, 3.8) is 0 Å². The molecule has 0 unspecified atom stereocenters. The van der Waals surface area contributed by atoms with Gasteiger partial charge < -0.3 is 31.2 Å². The van der Waals surface area contributed by atoms with E-state index in [0.29, 0.717) is 55.0 Å². The Morgan fingerprint density at radius 3 is 2.66 bits per heavy atom. The maximum absolute atomic E-state index is 9.86. The second-order valence-electron chi connectivity index (χ2n) is 6.70. The highest BCUT2D eigenvalue weighted by Crippen LogP contribution is 2.28. The number of hydrogen-bond donors (Lipinski definition) is 4. The van der Waals surface area contributed by atoms with Gasteiger partial charge in [-0.05, 0) is 30.3 Å². The molecule has 0 amide bonds. The van der Waals surface area contributed by atoms with E-state index < -0.39 is 0 Å². The van der Waals surface area contributed by atoms with Crippen LogP contribution in [0.4, 0.5) is 23.1 Å². The number of phenolic OH excluding ortho intramolecular Hbond substituents is 1. The third kappa shape index (κ3) is 4.27. The Bertz CT molecular complexity index is 1030. The molecule has 3 aromatic rings. The Hall–Kier alpha value is -3.65. The number of aromatic nitrogens is 2. The Morgan fingerprint density at radius 1 is 1.10 bits per heavy atom. The van der Waals surface area contributed by atoms with Crippen LogP contribution in [0, 0.1) is 5.41 Å². The molecule has 1 aromatic heterocycles. The molecule has 0 atom stereocenters. The molecule has 5 N–H and O–H groups in total. The standard InChI is InChI=1S/C21H22N6O2/c22-13-15-4-5-16(11-18(15)23)24-20-12-19(14-2-1-3-17(28)10-14)25-21(26-20)27-6-8-29-9-7-27/h1-5,10-13,22,28H,6-9,23H2,(H,24,25,26). The van der Waals surface area contributed by atoms with Crippen LogP contribution < -0.4 is 16.0 Å². The van der Waals surface area contributed by atoms with Crippen LogP contribution in [0.3, 0.4) is 0 Å². The van der Waals surface area contributed by atoms with Gasteiger partial charge in [0.15, 0.2) is 0 Å². The zero-order chi connectivity index (χ0) is 20.2. The number of anilines is 4. The highest BCUT2D eigenvalue weighted by atomic mass is 16.5. The molecule has 0 aliphatic carbocycles. The van der Waals surface area contributed by atoms with Crippen LogP contribution in [0.2, 0.25) is 0 Å². The van der Waals surface area contributed by atoms with E-state index >= 15 is 0 Å². The Kier molecular flexibility index (Phi) is 5.26. The molecule has 148 valence electrons. The van der Waals surface area contributed by atoms with E-state index in [1.165, 1.54) is 6.21 Å². The lowest BCUT2D eigenvalue weighted by molar-refractivity contribution is 0.122. The van der Waals surface area contributed by atoms with Crippen LogP contribution in [-0.4, -0.2) is 47.6 Å². The lowest BCUT2D eigenvalue weighted by Gasteiger charge is -2.27. The van der Waals surface area contributed by atoms with E-state index in [9.17, 15) is 5.11 Å². The van der Waals surface area contributed by atoms with Gasteiger partial charge in [-0.15, -0.1) is 0 Å². The topological polar surface area (TPSA) is 120 Å². The predicted molar refractivity (Wildman–Crippen MR) is 114 cm³/mol. The summed E-state index contributed by atoms with van der Waals surface area (Å²) in [6.45, 7) is 2.68. The summed E-state index contributed by atoms with van der Waals surface area (Å²) < 4.78 is 5.43. The van der Waals surface area contributed by atoms with E-state index in [1.807, 2.05) is 18.2 Å². The van der Waals surface area contributed by atoms with Crippen molar-refractivity contribution in [3.8, 4) is 17.0 Å². The number of ether oxygens (including phenoxy) is 1. The van der Waals surface area contributed by atoms with Crippen molar-refractivity contribution in [1.29, 1.82) is 5.41 Å². The number of phenols is 1. The summed E-state index contributed by atoms with van der Waals surface area (Å²) >= 11 is 0. The van der Waals surface area contributed by atoms with E-state index in [2.05, 4.69) is 15.2 Å². The summed E-state index contributed by atoms with van der Waals surface area (Å²) in [4.78, 5) is 11.5. The number of rotatable bonds is 5. The van der Waals surface area contributed by atoms with Crippen LogP contribution in [0.5, 0.6) is 5.75 Å². The molecule has 1 saturated heterocycles. The van der Waals surface area contributed by atoms with Crippen molar-refractivity contribution in [2.75, 3.05) is 42.3 Å². The highest BCUT2D eigenvalue weighted by Gasteiger charge is 2.17. The minimum atomic E-state index is 0.179. The van der Waals surface area contributed by atoms with Crippen molar-refractivity contribution in [2.45, 2.75) is 0 Å². The van der Waals surface area contributed by atoms with Crippen molar-refractivity contribution < 1.29 is 9.84 Å². The largest absolute Gasteiger partial charge is 0.508 e. The summed E-state index contributed by atoms with van der Waals surface area (Å²) in [5, 5.41) is 20.5. The molecule has 0 saturated carbocycles. The Labute approximate surface area is 168 Å². The second kappa shape index (κ2) is 8.15. The number of hydrogen-bond acceptors (Lipinski definition) is 8. The first-order valence-electron chi connectivity index (χ1n) is 9.30. The molecule has 1 aliphatic heterocycles. The van der Waals surface area contributed by atoms with E-state index in [1.54, 1.807) is 30.3 Å². The SMILES string of the molecule is N=Cc1ccc(Nc2cc(-c3cccc(O)c3)nc(N3CCOCC3)n2)cc1N. The van der Waals surface area contributed by atoms with Crippen LogP contribution in [0.1, 0.15) is 5.56 Å². The smallest absolute Gasteiger partial charge is 0.228 e. The minimum Gasteiger partial charge on any atom is -0.508 e. The number of nitrogen functional groups attached to an aromatic ring is 1. The second-order valence-corrected chi connectivity index (χ2v) is 6.70. The van der Waals surface area contributed by atoms with Crippen LogP contribution >= 0.6 is 0 Å². The number of aromatic hydroxyl groups is 1. The molecule has 1 aliphatic rings. The average Bonchev–Trinajstić information content (AvgIpc) is 2.74. The zero-order valence-corrected chi connectivity index (χ0v) is 15.8. The third-order valence-electron chi connectivity index (χ3n) is 4.66. The zero-order valence-electron chi connectivity index (χ0n) is 15.8. The fraction of sp³-hybridized carbons (Fsp3) is 0.190. The predicted octanol–water partition coefficient (Wildman–Crippen LogP) is 3.01. The number of benzene rings is 2. The van der Waals surface area contributed by atoms with Gasteiger partial charge in [0, 0.05) is 47.9 Å². The third-order valence-corrected chi connectivity index (χ3v) is 4.66. The summed E-state index contributed by atoms with van der Waals surface area (Å²) in [6.07, 6.45) is 1.22. The fourth-order valence-electron chi connectivity index (χ4n) is 3.15. The van der Waals surface area contributed by atoms with Gasteiger partial charge in [0.1, 0.15) is 11.6 Å². The number of nitrogens with two attached hydrogens (primary N) is 1. The molecule has 0 spiro atoms. The molecular formula is C21H22N6O2. The summed E-state index contributed by atoms with van der Waals surface area (Å²) in [6, 6.07) is 14.2. The van der Waals surface area contributed by atoms with E-state index in [0.717, 1.165) is 11.3 Å². The van der Waals surface area contributed by atoms with Gasteiger partial charge in [-0.3, -0.25) is 0 Å². The molecule has 1 fully saturated rings. The molecule has 0 bridgehead atoms. The van der Waals surface area contributed by atoms with Crippen molar-refractivity contribution in [1.82, 2.24) is 9.97 Å². The van der Waals surface area contributed by atoms with E-state index in [-0.39, 0.29) is 5.75 Å². The minimum absolute atomic E-state index is 0.179.